The van der Waals surface area contributed by atoms with Crippen molar-refractivity contribution in [2.24, 2.45) is 5.92 Å². The summed E-state index contributed by atoms with van der Waals surface area (Å²) in [7, 11) is 0. The molecule has 0 saturated carbocycles. The average Bonchev–Trinajstić information content (AvgIpc) is 2.51. The van der Waals surface area contributed by atoms with E-state index in [1.807, 2.05) is 0 Å². The van der Waals surface area contributed by atoms with Gasteiger partial charge in [0.05, 0.1) is 5.92 Å². The number of likely N-dealkylation sites (tertiary alicyclic amines) is 1. The number of amides is 1. The van der Waals surface area contributed by atoms with E-state index in [1.165, 1.54) is 4.90 Å². The van der Waals surface area contributed by atoms with Gasteiger partial charge in [-0.15, -0.1) is 0 Å². The second-order valence-electron chi connectivity index (χ2n) is 2.81. The predicted molar refractivity (Wildman–Crippen MR) is 37.9 cm³/mol. The molecular weight excluding hydrogens is 162 g/mol. The first-order valence-electron chi connectivity index (χ1n) is 3.74. The van der Waals surface area contributed by atoms with Crippen LogP contribution in [-0.4, -0.2) is 41.6 Å². The number of hydrogen-bond acceptors (Lipinski definition) is 2. The summed E-state index contributed by atoms with van der Waals surface area (Å²) in [4.78, 5) is 22.6. The standard InChI is InChI=1S/C7H10NO4/c9-4-6(10)8-2-1-5(3-8)7(11)12/h5H,1-4H2,(H,11,12). The Bertz CT molecular complexity index is 204. The highest BCUT2D eigenvalue weighted by Gasteiger charge is 2.30. The highest BCUT2D eigenvalue weighted by Crippen LogP contribution is 2.15. The first-order chi connectivity index (χ1) is 5.65. The monoisotopic (exact) mass is 172 g/mol. The molecule has 67 valence electrons. The van der Waals surface area contributed by atoms with Crippen LogP contribution in [0.5, 0.6) is 0 Å². The third kappa shape index (κ3) is 1.73. The maximum absolute atomic E-state index is 10.8. The molecule has 1 atom stereocenters. The minimum atomic E-state index is -0.892. The Hall–Kier alpha value is -1.10. The number of carboxylic acids is 1. The van der Waals surface area contributed by atoms with Gasteiger partial charge in [-0.25, -0.2) is 5.11 Å². The molecule has 1 aliphatic rings. The summed E-state index contributed by atoms with van der Waals surface area (Å²) < 4.78 is 0. The van der Waals surface area contributed by atoms with Crippen LogP contribution in [0.25, 0.3) is 0 Å². The van der Waals surface area contributed by atoms with Crippen molar-refractivity contribution in [1.82, 2.24) is 4.90 Å². The van der Waals surface area contributed by atoms with Crippen LogP contribution in [0.2, 0.25) is 0 Å². The molecule has 1 heterocycles. The van der Waals surface area contributed by atoms with Gasteiger partial charge in [-0.2, -0.15) is 0 Å². The molecule has 0 aromatic heterocycles. The van der Waals surface area contributed by atoms with Crippen molar-refractivity contribution in [3.63, 3.8) is 0 Å². The maximum atomic E-state index is 10.8. The van der Waals surface area contributed by atoms with Gasteiger partial charge in [-0.05, 0) is 6.42 Å². The summed E-state index contributed by atoms with van der Waals surface area (Å²) in [5.74, 6) is -1.88. The molecule has 5 heteroatoms. The molecule has 0 aromatic rings. The lowest BCUT2D eigenvalue weighted by Crippen LogP contribution is -2.31. The molecule has 1 rings (SSSR count). The number of carbonyl (C=O) groups is 2. The lowest BCUT2D eigenvalue weighted by atomic mass is 10.1. The lowest BCUT2D eigenvalue weighted by Gasteiger charge is -2.12. The Morgan fingerprint density at radius 1 is 1.50 bits per heavy atom. The minimum Gasteiger partial charge on any atom is -0.481 e. The molecule has 5 nitrogen and oxygen atoms in total. The third-order valence-corrected chi connectivity index (χ3v) is 2.01. The van der Waals surface area contributed by atoms with Gasteiger partial charge in [-0.3, -0.25) is 9.59 Å². The number of carboxylic acid groups (broad SMARTS) is 1. The summed E-state index contributed by atoms with van der Waals surface area (Å²) in [6.45, 7) is -0.194. The van der Waals surface area contributed by atoms with E-state index < -0.39 is 24.4 Å². The molecule has 0 spiro atoms. The van der Waals surface area contributed by atoms with E-state index in [4.69, 9.17) is 5.11 Å². The van der Waals surface area contributed by atoms with Crippen LogP contribution < -0.4 is 0 Å². The van der Waals surface area contributed by atoms with E-state index in [2.05, 4.69) is 0 Å². The Kier molecular flexibility index (Phi) is 2.65. The Morgan fingerprint density at radius 2 is 2.17 bits per heavy atom. The molecule has 1 N–H and O–H groups in total. The van der Waals surface area contributed by atoms with Crippen molar-refractivity contribution in [2.45, 2.75) is 6.42 Å². The molecule has 1 amide bonds. The van der Waals surface area contributed by atoms with E-state index >= 15 is 0 Å². The normalized spacial score (nSPS) is 22.8. The second-order valence-corrected chi connectivity index (χ2v) is 2.81. The van der Waals surface area contributed by atoms with E-state index in [1.54, 1.807) is 0 Å². The Balaban J connectivity index is 2.45. The third-order valence-electron chi connectivity index (χ3n) is 2.01. The first kappa shape index (κ1) is 8.99. The van der Waals surface area contributed by atoms with Crippen LogP contribution in [0.1, 0.15) is 6.42 Å². The van der Waals surface area contributed by atoms with Crippen LogP contribution in [0, 0.1) is 5.92 Å². The number of hydrogen-bond donors (Lipinski definition) is 1. The summed E-state index contributed by atoms with van der Waals surface area (Å²) in [5, 5.41) is 18.7. The van der Waals surface area contributed by atoms with Gasteiger partial charge in [-0.1, -0.05) is 0 Å². The van der Waals surface area contributed by atoms with Gasteiger partial charge in [0.1, 0.15) is 0 Å². The number of rotatable bonds is 2. The molecule has 1 aliphatic heterocycles. The van der Waals surface area contributed by atoms with Crippen molar-refractivity contribution in [3.05, 3.63) is 0 Å². The fourth-order valence-electron chi connectivity index (χ4n) is 1.28. The highest BCUT2D eigenvalue weighted by atomic mass is 16.4. The van der Waals surface area contributed by atoms with Crippen molar-refractivity contribution in [1.29, 1.82) is 0 Å². The zero-order chi connectivity index (χ0) is 9.14. The number of nitrogens with zero attached hydrogens (tertiary/aromatic N) is 1. The Labute approximate surface area is 69.6 Å². The fourth-order valence-corrected chi connectivity index (χ4v) is 1.28. The maximum Gasteiger partial charge on any atom is 0.308 e. The summed E-state index contributed by atoms with van der Waals surface area (Å²) in [6.07, 6.45) is 0.459. The topological polar surface area (TPSA) is 77.5 Å². The zero-order valence-electron chi connectivity index (χ0n) is 6.52. The van der Waals surface area contributed by atoms with Crippen LogP contribution in [0.4, 0.5) is 0 Å². The van der Waals surface area contributed by atoms with Gasteiger partial charge in [0.15, 0.2) is 6.61 Å². The first-order valence-corrected chi connectivity index (χ1v) is 3.74. The van der Waals surface area contributed by atoms with Gasteiger partial charge < -0.3 is 10.0 Å². The van der Waals surface area contributed by atoms with Gasteiger partial charge in [0.25, 0.3) is 5.91 Å². The van der Waals surface area contributed by atoms with Crippen molar-refractivity contribution < 1.29 is 19.8 Å². The highest BCUT2D eigenvalue weighted by molar-refractivity contribution is 5.79. The van der Waals surface area contributed by atoms with Gasteiger partial charge in [0.2, 0.25) is 0 Å². The summed E-state index contributed by atoms with van der Waals surface area (Å²) >= 11 is 0. The zero-order valence-corrected chi connectivity index (χ0v) is 6.52. The summed E-state index contributed by atoms with van der Waals surface area (Å²) in [5.41, 5.74) is 0. The molecule has 12 heavy (non-hydrogen) atoms. The SMILES string of the molecule is [O]CC(=O)N1CCC(C(=O)O)C1. The van der Waals surface area contributed by atoms with Gasteiger partial charge >= 0.3 is 5.97 Å². The van der Waals surface area contributed by atoms with E-state index in [9.17, 15) is 14.7 Å². The summed E-state index contributed by atoms with van der Waals surface area (Å²) in [6, 6.07) is 0. The molecule has 0 aromatic carbocycles. The molecule has 0 aliphatic carbocycles. The molecule has 1 unspecified atom stereocenters. The quantitative estimate of drug-likeness (QED) is 0.601. The molecular formula is C7H10NO4. The molecule has 1 radical (unpaired) electrons. The van der Waals surface area contributed by atoms with E-state index in [0.29, 0.717) is 13.0 Å². The average molecular weight is 172 g/mol. The van der Waals surface area contributed by atoms with E-state index in [0.717, 1.165) is 0 Å². The number of aliphatic carboxylic acids is 1. The van der Waals surface area contributed by atoms with Crippen LogP contribution in [-0.2, 0) is 14.7 Å². The van der Waals surface area contributed by atoms with Crippen LogP contribution in [0.15, 0.2) is 0 Å². The van der Waals surface area contributed by atoms with Crippen molar-refractivity contribution >= 4 is 11.9 Å². The van der Waals surface area contributed by atoms with Crippen LogP contribution in [0.3, 0.4) is 0 Å². The molecule has 0 bridgehead atoms. The number of carbonyl (C=O) groups excluding carboxylic acids is 1. The fraction of sp³-hybridized carbons (Fsp3) is 0.714. The van der Waals surface area contributed by atoms with Crippen LogP contribution >= 0.6 is 0 Å². The lowest BCUT2D eigenvalue weighted by molar-refractivity contribution is -0.141. The van der Waals surface area contributed by atoms with Gasteiger partial charge in [0, 0.05) is 13.1 Å². The Morgan fingerprint density at radius 3 is 2.58 bits per heavy atom. The molecule has 1 saturated heterocycles. The van der Waals surface area contributed by atoms with Crippen molar-refractivity contribution in [2.75, 3.05) is 19.7 Å². The smallest absolute Gasteiger partial charge is 0.308 e. The van der Waals surface area contributed by atoms with Crippen molar-refractivity contribution in [3.8, 4) is 0 Å². The predicted octanol–water partition coefficient (Wildman–Crippen LogP) is -0.650. The van der Waals surface area contributed by atoms with E-state index in [-0.39, 0.29) is 6.54 Å². The minimum absolute atomic E-state index is 0.191. The largest absolute Gasteiger partial charge is 0.481 e. The molecule has 1 fully saturated rings. The second kappa shape index (κ2) is 3.53.